The molecule has 0 aromatic carbocycles. The highest BCUT2D eigenvalue weighted by molar-refractivity contribution is 7.94. The third kappa shape index (κ3) is 2.63. The maximum Gasteiger partial charge on any atom is 0.173 e. The monoisotopic (exact) mass is 270 g/mol. The van der Waals surface area contributed by atoms with Crippen molar-refractivity contribution in [1.29, 1.82) is 0 Å². The Bertz CT molecular complexity index is 426. The van der Waals surface area contributed by atoms with Crippen molar-refractivity contribution in [1.82, 2.24) is 10.6 Å². The van der Waals surface area contributed by atoms with Crippen molar-refractivity contribution in [2.75, 3.05) is 12.3 Å². The van der Waals surface area contributed by atoms with E-state index in [9.17, 15) is 8.42 Å². The minimum absolute atomic E-state index is 0.0296. The summed E-state index contributed by atoms with van der Waals surface area (Å²) >= 11 is 0. The molecule has 2 N–H and O–H groups in total. The zero-order chi connectivity index (χ0) is 12.6. The van der Waals surface area contributed by atoms with Crippen LogP contribution in [0.4, 0.5) is 0 Å². The highest BCUT2D eigenvalue weighted by Crippen LogP contribution is 2.32. The van der Waals surface area contributed by atoms with Gasteiger partial charge in [0.05, 0.1) is 5.75 Å². The van der Waals surface area contributed by atoms with Crippen molar-refractivity contribution in [2.45, 2.75) is 50.2 Å². The summed E-state index contributed by atoms with van der Waals surface area (Å²) in [5.41, 5.74) is 0. The Labute approximate surface area is 109 Å². The molecular formula is C13H22N2O2S. The summed E-state index contributed by atoms with van der Waals surface area (Å²) in [4.78, 5) is 0. The molecule has 1 saturated heterocycles. The zero-order valence-electron chi connectivity index (χ0n) is 10.6. The molecule has 4 unspecified atom stereocenters. The molecule has 4 nitrogen and oxygen atoms in total. The number of sulfone groups is 1. The summed E-state index contributed by atoms with van der Waals surface area (Å²) in [6.07, 6.45) is 8.11. The van der Waals surface area contributed by atoms with E-state index in [1.807, 2.05) is 6.08 Å². The lowest BCUT2D eigenvalue weighted by molar-refractivity contribution is 0.314. The van der Waals surface area contributed by atoms with Crippen LogP contribution in [0, 0.1) is 5.92 Å². The smallest absolute Gasteiger partial charge is 0.173 e. The largest absolute Gasteiger partial charge is 0.314 e. The van der Waals surface area contributed by atoms with E-state index in [0.717, 1.165) is 6.54 Å². The van der Waals surface area contributed by atoms with E-state index in [2.05, 4.69) is 10.6 Å². The van der Waals surface area contributed by atoms with Gasteiger partial charge in [-0.15, -0.1) is 0 Å². The Morgan fingerprint density at radius 2 is 2.06 bits per heavy atom. The molecule has 3 rings (SSSR count). The molecule has 2 fully saturated rings. The molecule has 0 amide bonds. The second-order valence-electron chi connectivity index (χ2n) is 5.84. The van der Waals surface area contributed by atoms with Crippen molar-refractivity contribution < 1.29 is 8.42 Å². The third-order valence-corrected chi connectivity index (χ3v) is 5.94. The van der Waals surface area contributed by atoms with Gasteiger partial charge in [-0.1, -0.05) is 12.5 Å². The molecule has 0 bridgehead atoms. The summed E-state index contributed by atoms with van der Waals surface area (Å²) in [5.74, 6) is 0.929. The number of hydrogen-bond donors (Lipinski definition) is 2. The van der Waals surface area contributed by atoms with Gasteiger partial charge in [-0.3, -0.25) is 0 Å². The molecular weight excluding hydrogens is 248 g/mol. The summed E-state index contributed by atoms with van der Waals surface area (Å²) in [5, 5.41) is 8.51. The lowest BCUT2D eigenvalue weighted by atomic mass is 9.92. The number of nitrogens with one attached hydrogen (secondary N) is 2. The SMILES string of the molecule is O=S1(=O)C=CC(NC2CCCC2C2CCCN2)C1. The van der Waals surface area contributed by atoms with Crippen LogP contribution in [0.1, 0.15) is 32.1 Å². The average molecular weight is 270 g/mol. The summed E-state index contributed by atoms with van der Waals surface area (Å²) in [6, 6.07) is 1.16. The first-order valence-electron chi connectivity index (χ1n) is 7.04. The predicted molar refractivity (Wildman–Crippen MR) is 72.0 cm³/mol. The molecule has 1 saturated carbocycles. The van der Waals surface area contributed by atoms with Crippen LogP contribution in [0.3, 0.4) is 0 Å². The van der Waals surface area contributed by atoms with Gasteiger partial charge in [0.2, 0.25) is 0 Å². The Kier molecular flexibility index (Phi) is 3.47. The van der Waals surface area contributed by atoms with Gasteiger partial charge in [-0.25, -0.2) is 8.42 Å². The molecule has 0 spiro atoms. The summed E-state index contributed by atoms with van der Waals surface area (Å²) < 4.78 is 22.8. The standard InChI is InChI=1S/C13H22N2O2S/c16-18(17)8-6-10(9-18)15-13-4-1-3-11(13)12-5-2-7-14-12/h6,8,10-15H,1-5,7,9H2. The Morgan fingerprint density at radius 3 is 2.72 bits per heavy atom. The van der Waals surface area contributed by atoms with Gasteiger partial charge in [-0.2, -0.15) is 0 Å². The topological polar surface area (TPSA) is 58.2 Å². The summed E-state index contributed by atoms with van der Waals surface area (Å²) in [7, 11) is -2.93. The first-order valence-corrected chi connectivity index (χ1v) is 8.76. The van der Waals surface area contributed by atoms with Gasteiger partial charge in [0.1, 0.15) is 0 Å². The van der Waals surface area contributed by atoms with Crippen LogP contribution >= 0.6 is 0 Å². The van der Waals surface area contributed by atoms with Crippen LogP contribution < -0.4 is 10.6 Å². The summed E-state index contributed by atoms with van der Waals surface area (Å²) in [6.45, 7) is 1.14. The molecule has 5 heteroatoms. The van der Waals surface area contributed by atoms with Crippen LogP contribution in [-0.2, 0) is 9.84 Å². The maximum absolute atomic E-state index is 11.4. The van der Waals surface area contributed by atoms with Crippen molar-refractivity contribution in [2.24, 2.45) is 5.92 Å². The van der Waals surface area contributed by atoms with Crippen molar-refractivity contribution in [3.63, 3.8) is 0 Å². The fraction of sp³-hybridized carbons (Fsp3) is 0.846. The van der Waals surface area contributed by atoms with Crippen LogP contribution in [0.2, 0.25) is 0 Å². The minimum atomic E-state index is -2.93. The molecule has 0 aromatic rings. The first-order chi connectivity index (χ1) is 8.64. The van der Waals surface area contributed by atoms with E-state index < -0.39 is 9.84 Å². The normalized spacial score (nSPS) is 42.7. The lowest BCUT2D eigenvalue weighted by Crippen LogP contribution is -2.46. The number of hydrogen-bond acceptors (Lipinski definition) is 4. The second kappa shape index (κ2) is 4.94. The van der Waals surface area contributed by atoms with E-state index in [4.69, 9.17) is 0 Å². The van der Waals surface area contributed by atoms with Gasteiger partial charge >= 0.3 is 0 Å². The second-order valence-corrected chi connectivity index (χ2v) is 7.77. The highest BCUT2D eigenvalue weighted by atomic mass is 32.2. The fourth-order valence-electron chi connectivity index (χ4n) is 3.71. The first kappa shape index (κ1) is 12.6. The fourth-order valence-corrected chi connectivity index (χ4v) is 4.96. The van der Waals surface area contributed by atoms with Gasteiger partial charge in [0.25, 0.3) is 0 Å². The Hall–Kier alpha value is -0.390. The van der Waals surface area contributed by atoms with E-state index in [0.29, 0.717) is 18.0 Å². The van der Waals surface area contributed by atoms with E-state index in [-0.39, 0.29) is 11.8 Å². The van der Waals surface area contributed by atoms with E-state index in [1.54, 1.807) is 0 Å². The molecule has 3 aliphatic rings. The quantitative estimate of drug-likeness (QED) is 0.797. The molecule has 0 radical (unpaired) electrons. The third-order valence-electron chi connectivity index (χ3n) is 4.54. The Balaban J connectivity index is 1.60. The molecule has 0 aromatic heterocycles. The highest BCUT2D eigenvalue weighted by Gasteiger charge is 2.36. The molecule has 1 aliphatic carbocycles. The minimum Gasteiger partial charge on any atom is -0.314 e. The molecule has 102 valence electrons. The van der Waals surface area contributed by atoms with Crippen molar-refractivity contribution >= 4 is 9.84 Å². The molecule has 18 heavy (non-hydrogen) atoms. The van der Waals surface area contributed by atoms with E-state index >= 15 is 0 Å². The predicted octanol–water partition coefficient (Wildman–Crippen LogP) is 0.807. The lowest BCUT2D eigenvalue weighted by Gasteiger charge is -2.28. The van der Waals surface area contributed by atoms with Gasteiger partial charge < -0.3 is 10.6 Å². The Morgan fingerprint density at radius 1 is 1.17 bits per heavy atom. The number of rotatable bonds is 3. The van der Waals surface area contributed by atoms with Gasteiger partial charge in [0, 0.05) is 23.5 Å². The molecule has 2 aliphatic heterocycles. The van der Waals surface area contributed by atoms with Crippen LogP contribution in [0.25, 0.3) is 0 Å². The zero-order valence-corrected chi connectivity index (χ0v) is 11.5. The van der Waals surface area contributed by atoms with Crippen molar-refractivity contribution in [3.8, 4) is 0 Å². The maximum atomic E-state index is 11.4. The van der Waals surface area contributed by atoms with Crippen molar-refractivity contribution in [3.05, 3.63) is 11.5 Å². The average Bonchev–Trinajstić information content (AvgIpc) is 2.99. The van der Waals surface area contributed by atoms with E-state index in [1.165, 1.54) is 37.5 Å². The molecule has 2 heterocycles. The molecule has 4 atom stereocenters. The van der Waals surface area contributed by atoms with Gasteiger partial charge in [0.15, 0.2) is 9.84 Å². The van der Waals surface area contributed by atoms with Crippen LogP contribution in [0.15, 0.2) is 11.5 Å². The van der Waals surface area contributed by atoms with Gasteiger partial charge in [-0.05, 0) is 38.1 Å². The van der Waals surface area contributed by atoms with Crippen LogP contribution in [-0.4, -0.2) is 38.8 Å². The van der Waals surface area contributed by atoms with Crippen LogP contribution in [0.5, 0.6) is 0 Å².